The number of nitrogen functional groups attached to an aromatic ring is 1. The first-order chi connectivity index (χ1) is 8.16. The van der Waals surface area contributed by atoms with E-state index in [-0.39, 0.29) is 12.1 Å². The molecule has 90 valence electrons. The predicted octanol–water partition coefficient (Wildman–Crippen LogP) is 2.13. The fourth-order valence-corrected chi connectivity index (χ4v) is 2.68. The molecule has 2 unspecified atom stereocenters. The molecule has 3 heterocycles. The lowest BCUT2D eigenvalue weighted by Gasteiger charge is -2.17. The number of fused-ring (bicyclic) bond motifs is 1. The monoisotopic (exact) mass is 296 g/mol. The second-order valence-electron chi connectivity index (χ2n) is 4.27. The van der Waals surface area contributed by atoms with Crippen molar-refractivity contribution in [3.05, 3.63) is 16.7 Å². The van der Waals surface area contributed by atoms with Crippen LogP contribution in [0.3, 0.4) is 0 Å². The lowest BCUT2D eigenvalue weighted by Crippen LogP contribution is -2.18. The summed E-state index contributed by atoms with van der Waals surface area (Å²) in [5.41, 5.74) is 7.63. The highest BCUT2D eigenvalue weighted by Gasteiger charge is 2.29. The fraction of sp³-hybridized carbons (Fsp3) is 0.455. The molecule has 17 heavy (non-hydrogen) atoms. The van der Waals surface area contributed by atoms with E-state index in [0.717, 1.165) is 28.7 Å². The summed E-state index contributed by atoms with van der Waals surface area (Å²) >= 11 is 3.38. The molecule has 0 spiro atoms. The fourth-order valence-electron chi connectivity index (χ4n) is 2.36. The van der Waals surface area contributed by atoms with Gasteiger partial charge in [-0.2, -0.15) is 0 Å². The summed E-state index contributed by atoms with van der Waals surface area (Å²) in [6.07, 6.45) is 2.87. The number of halogens is 1. The van der Waals surface area contributed by atoms with Crippen molar-refractivity contribution in [2.75, 3.05) is 12.3 Å². The van der Waals surface area contributed by atoms with Gasteiger partial charge in [0.2, 0.25) is 5.95 Å². The first kappa shape index (κ1) is 11.0. The second kappa shape index (κ2) is 3.96. The summed E-state index contributed by atoms with van der Waals surface area (Å²) in [5.74, 6) is 0.507. The molecule has 1 aliphatic rings. The molecule has 1 fully saturated rings. The molecule has 0 amide bonds. The summed E-state index contributed by atoms with van der Waals surface area (Å²) < 4.78 is 8.47. The van der Waals surface area contributed by atoms with E-state index in [1.165, 1.54) is 0 Å². The molecule has 6 heteroatoms. The molecule has 0 saturated carbocycles. The summed E-state index contributed by atoms with van der Waals surface area (Å²) in [6.45, 7) is 2.82. The average molecular weight is 297 g/mol. The lowest BCUT2D eigenvalue weighted by molar-refractivity contribution is 0.108. The van der Waals surface area contributed by atoms with Crippen molar-refractivity contribution in [2.24, 2.45) is 0 Å². The van der Waals surface area contributed by atoms with E-state index in [1.54, 1.807) is 6.20 Å². The number of hydrogen-bond acceptors (Lipinski definition) is 4. The van der Waals surface area contributed by atoms with Gasteiger partial charge in [-0.3, -0.25) is 4.57 Å². The molecular formula is C11H13BrN4O. The highest BCUT2D eigenvalue weighted by molar-refractivity contribution is 9.10. The Labute approximate surface area is 107 Å². The third-order valence-electron chi connectivity index (χ3n) is 3.19. The van der Waals surface area contributed by atoms with E-state index in [9.17, 15) is 0 Å². The van der Waals surface area contributed by atoms with Crippen molar-refractivity contribution in [1.82, 2.24) is 14.5 Å². The zero-order chi connectivity index (χ0) is 12.0. The van der Waals surface area contributed by atoms with Crippen molar-refractivity contribution in [2.45, 2.75) is 25.5 Å². The largest absolute Gasteiger partial charge is 0.376 e. The van der Waals surface area contributed by atoms with E-state index >= 15 is 0 Å². The Morgan fingerprint density at radius 1 is 1.59 bits per heavy atom. The first-order valence-electron chi connectivity index (χ1n) is 5.57. The van der Waals surface area contributed by atoms with Crippen LogP contribution < -0.4 is 5.73 Å². The Kier molecular flexibility index (Phi) is 2.56. The van der Waals surface area contributed by atoms with Crippen LogP contribution in [-0.2, 0) is 4.74 Å². The van der Waals surface area contributed by atoms with Crippen molar-refractivity contribution < 1.29 is 4.74 Å². The Balaban J connectivity index is 2.18. The average Bonchev–Trinajstić information content (AvgIpc) is 2.80. The van der Waals surface area contributed by atoms with Crippen molar-refractivity contribution in [3.63, 3.8) is 0 Å². The summed E-state index contributed by atoms with van der Waals surface area (Å²) in [6, 6.07) is 2.16. The van der Waals surface area contributed by atoms with Crippen LogP contribution in [0.4, 0.5) is 5.95 Å². The van der Waals surface area contributed by atoms with Crippen LogP contribution in [0.1, 0.15) is 19.4 Å². The number of imidazole rings is 1. The molecule has 2 N–H and O–H groups in total. The number of nitrogens with zero attached hydrogens (tertiary/aromatic N) is 3. The quantitative estimate of drug-likeness (QED) is 0.875. The highest BCUT2D eigenvalue weighted by atomic mass is 79.9. The Hall–Kier alpha value is -1.14. The molecule has 0 radical (unpaired) electrons. The van der Waals surface area contributed by atoms with E-state index in [4.69, 9.17) is 10.5 Å². The predicted molar refractivity (Wildman–Crippen MR) is 68.7 cm³/mol. The van der Waals surface area contributed by atoms with Crippen LogP contribution in [0.15, 0.2) is 16.7 Å². The standard InChI is InChI=1S/C11H13BrN4O/c1-6-9(2-3-17-6)16-10-8(15-11(16)13)4-7(12)5-14-10/h4-6,9H,2-3H2,1H3,(H2,13,15). The molecule has 0 aliphatic carbocycles. The van der Waals surface area contributed by atoms with Gasteiger partial charge in [0, 0.05) is 17.3 Å². The third kappa shape index (κ3) is 1.71. The van der Waals surface area contributed by atoms with Crippen LogP contribution in [-0.4, -0.2) is 27.2 Å². The van der Waals surface area contributed by atoms with Gasteiger partial charge in [0.05, 0.1) is 12.1 Å². The molecule has 2 aromatic rings. The van der Waals surface area contributed by atoms with Gasteiger partial charge >= 0.3 is 0 Å². The molecule has 0 bridgehead atoms. The topological polar surface area (TPSA) is 66.0 Å². The van der Waals surface area contributed by atoms with Gasteiger partial charge in [0.25, 0.3) is 0 Å². The molecule has 2 aromatic heterocycles. The number of pyridine rings is 1. The van der Waals surface area contributed by atoms with Gasteiger partial charge in [-0.15, -0.1) is 0 Å². The summed E-state index contributed by atoms with van der Waals surface area (Å²) in [4.78, 5) is 8.74. The normalized spacial score (nSPS) is 24.6. The maximum Gasteiger partial charge on any atom is 0.202 e. The van der Waals surface area contributed by atoms with Crippen LogP contribution in [0.2, 0.25) is 0 Å². The zero-order valence-corrected chi connectivity index (χ0v) is 11.0. The smallest absolute Gasteiger partial charge is 0.202 e. The Morgan fingerprint density at radius 2 is 2.41 bits per heavy atom. The van der Waals surface area contributed by atoms with Gasteiger partial charge < -0.3 is 10.5 Å². The Bertz CT molecular complexity index is 568. The lowest BCUT2D eigenvalue weighted by atomic mass is 10.1. The second-order valence-corrected chi connectivity index (χ2v) is 5.18. The minimum Gasteiger partial charge on any atom is -0.376 e. The maximum absolute atomic E-state index is 5.99. The number of hydrogen-bond donors (Lipinski definition) is 1. The van der Waals surface area contributed by atoms with Gasteiger partial charge in [0.1, 0.15) is 5.52 Å². The minimum absolute atomic E-state index is 0.153. The first-order valence-corrected chi connectivity index (χ1v) is 6.36. The molecular weight excluding hydrogens is 284 g/mol. The van der Waals surface area contributed by atoms with Gasteiger partial charge in [0.15, 0.2) is 5.65 Å². The summed E-state index contributed by atoms with van der Waals surface area (Å²) in [7, 11) is 0. The van der Waals surface area contributed by atoms with Crippen molar-refractivity contribution >= 4 is 33.0 Å². The van der Waals surface area contributed by atoms with E-state index in [1.807, 2.05) is 10.6 Å². The highest BCUT2D eigenvalue weighted by Crippen LogP contribution is 2.31. The van der Waals surface area contributed by atoms with E-state index in [2.05, 4.69) is 32.8 Å². The van der Waals surface area contributed by atoms with Crippen molar-refractivity contribution in [3.8, 4) is 0 Å². The maximum atomic E-state index is 5.99. The zero-order valence-electron chi connectivity index (χ0n) is 9.43. The van der Waals surface area contributed by atoms with Crippen LogP contribution in [0.25, 0.3) is 11.2 Å². The van der Waals surface area contributed by atoms with E-state index < -0.39 is 0 Å². The molecule has 2 atom stereocenters. The van der Waals surface area contributed by atoms with Gasteiger partial charge in [-0.25, -0.2) is 9.97 Å². The number of anilines is 1. The van der Waals surface area contributed by atoms with Crippen LogP contribution >= 0.6 is 15.9 Å². The summed E-state index contributed by atoms with van der Waals surface area (Å²) in [5, 5.41) is 0. The minimum atomic E-state index is 0.153. The molecule has 0 aromatic carbocycles. The number of rotatable bonds is 1. The van der Waals surface area contributed by atoms with E-state index in [0.29, 0.717) is 5.95 Å². The van der Waals surface area contributed by atoms with Crippen LogP contribution in [0.5, 0.6) is 0 Å². The van der Waals surface area contributed by atoms with Crippen molar-refractivity contribution in [1.29, 1.82) is 0 Å². The SMILES string of the molecule is CC1OCCC1n1c(N)nc2cc(Br)cnc21. The number of ether oxygens (including phenoxy) is 1. The Morgan fingerprint density at radius 3 is 3.12 bits per heavy atom. The molecule has 1 aliphatic heterocycles. The van der Waals surface area contributed by atoms with Gasteiger partial charge in [-0.1, -0.05) is 0 Å². The van der Waals surface area contributed by atoms with Crippen LogP contribution in [0, 0.1) is 0 Å². The molecule has 3 rings (SSSR count). The third-order valence-corrected chi connectivity index (χ3v) is 3.63. The molecule has 1 saturated heterocycles. The number of aromatic nitrogens is 3. The van der Waals surface area contributed by atoms with Gasteiger partial charge in [-0.05, 0) is 35.3 Å². The molecule has 5 nitrogen and oxygen atoms in total. The number of nitrogens with two attached hydrogens (primary N) is 1.